The molecule has 1 N–H and O–H groups in total. The number of carbonyl (C=O) groups excluding carboxylic acids is 1. The van der Waals surface area contributed by atoms with Gasteiger partial charge >= 0.3 is 0 Å². The number of para-hydroxylation sites is 1. The Bertz CT molecular complexity index is 967. The van der Waals surface area contributed by atoms with Crippen LogP contribution < -0.4 is 0 Å². The molecule has 1 saturated heterocycles. The molecule has 1 aliphatic rings. The number of likely N-dealkylation sites (tertiary alicyclic amines) is 1. The number of benzene rings is 1. The van der Waals surface area contributed by atoms with Gasteiger partial charge in [-0.1, -0.05) is 18.2 Å². The predicted molar refractivity (Wildman–Crippen MR) is 93.2 cm³/mol. The standard InChI is InChI=1S/C19H16N4O2/c20-11-14(19(24)23-7-3-4-8-23)9-15-12-21-22-18(15)17-10-13-5-1-2-6-16(13)25-17/h1-2,5-6,9-10,12H,3-4,7-8H2,(H,21,22)/b14-9+. The lowest BCUT2D eigenvalue weighted by molar-refractivity contribution is -0.125. The van der Waals surface area contributed by atoms with Crippen molar-refractivity contribution in [1.29, 1.82) is 5.26 Å². The van der Waals surface area contributed by atoms with Crippen LogP contribution in [0.1, 0.15) is 18.4 Å². The van der Waals surface area contributed by atoms with Gasteiger partial charge in [-0.3, -0.25) is 9.89 Å². The van der Waals surface area contributed by atoms with Crippen LogP contribution in [0.4, 0.5) is 0 Å². The molecule has 2 aromatic heterocycles. The van der Waals surface area contributed by atoms with Crippen molar-refractivity contribution in [3.63, 3.8) is 0 Å². The van der Waals surface area contributed by atoms with Gasteiger partial charge in [-0.15, -0.1) is 0 Å². The Kier molecular flexibility index (Phi) is 3.82. The number of amides is 1. The third-order valence-corrected chi connectivity index (χ3v) is 4.38. The van der Waals surface area contributed by atoms with Gasteiger partial charge in [0, 0.05) is 24.0 Å². The van der Waals surface area contributed by atoms with Crippen LogP contribution in [-0.4, -0.2) is 34.1 Å². The predicted octanol–water partition coefficient (Wildman–Crippen LogP) is 3.35. The molecule has 0 saturated carbocycles. The first-order valence-electron chi connectivity index (χ1n) is 8.19. The smallest absolute Gasteiger partial charge is 0.264 e. The highest BCUT2D eigenvalue weighted by atomic mass is 16.3. The van der Waals surface area contributed by atoms with Gasteiger partial charge in [0.15, 0.2) is 5.76 Å². The van der Waals surface area contributed by atoms with Gasteiger partial charge in [-0.2, -0.15) is 10.4 Å². The van der Waals surface area contributed by atoms with E-state index in [0.717, 1.165) is 23.8 Å². The maximum atomic E-state index is 12.5. The Balaban J connectivity index is 1.70. The molecule has 1 aliphatic heterocycles. The Hall–Kier alpha value is -3.33. The van der Waals surface area contributed by atoms with Crippen LogP contribution >= 0.6 is 0 Å². The largest absolute Gasteiger partial charge is 0.454 e. The van der Waals surface area contributed by atoms with Gasteiger partial charge in [-0.25, -0.2) is 0 Å². The first-order chi connectivity index (χ1) is 12.3. The number of rotatable bonds is 3. The minimum Gasteiger partial charge on any atom is -0.454 e. The minimum atomic E-state index is -0.225. The van der Waals surface area contributed by atoms with Gasteiger partial charge < -0.3 is 9.32 Å². The number of H-pyrrole nitrogens is 1. The topological polar surface area (TPSA) is 85.9 Å². The van der Waals surface area contributed by atoms with E-state index in [1.54, 1.807) is 17.2 Å². The molecule has 0 aliphatic carbocycles. The van der Waals surface area contributed by atoms with Crippen molar-refractivity contribution in [2.24, 2.45) is 0 Å². The number of nitrogens with one attached hydrogen (secondary N) is 1. The van der Waals surface area contributed by atoms with Crippen LogP contribution in [0.25, 0.3) is 28.5 Å². The monoisotopic (exact) mass is 332 g/mol. The number of aromatic amines is 1. The van der Waals surface area contributed by atoms with E-state index in [1.807, 2.05) is 36.4 Å². The molecule has 6 nitrogen and oxygen atoms in total. The number of nitriles is 1. The number of hydrogen-bond donors (Lipinski definition) is 1. The fraction of sp³-hybridized carbons (Fsp3) is 0.211. The van der Waals surface area contributed by atoms with E-state index in [1.165, 1.54) is 0 Å². The van der Waals surface area contributed by atoms with Crippen LogP contribution in [0, 0.1) is 11.3 Å². The molecule has 0 unspecified atom stereocenters. The average molecular weight is 332 g/mol. The summed E-state index contributed by atoms with van der Waals surface area (Å²) in [4.78, 5) is 14.2. The third kappa shape index (κ3) is 2.81. The van der Waals surface area contributed by atoms with Crippen molar-refractivity contribution in [2.45, 2.75) is 12.8 Å². The molecule has 6 heteroatoms. The fourth-order valence-corrected chi connectivity index (χ4v) is 3.10. The minimum absolute atomic E-state index is 0.112. The van der Waals surface area contributed by atoms with Crippen molar-refractivity contribution in [2.75, 3.05) is 13.1 Å². The lowest BCUT2D eigenvalue weighted by atomic mass is 10.1. The summed E-state index contributed by atoms with van der Waals surface area (Å²) in [6, 6.07) is 11.6. The van der Waals surface area contributed by atoms with Crippen LogP contribution in [0.5, 0.6) is 0 Å². The van der Waals surface area contributed by atoms with Gasteiger partial charge in [0.1, 0.15) is 22.9 Å². The van der Waals surface area contributed by atoms with E-state index in [9.17, 15) is 10.1 Å². The van der Waals surface area contributed by atoms with Gasteiger partial charge in [0.05, 0.1) is 6.20 Å². The van der Waals surface area contributed by atoms with Crippen LogP contribution in [0.15, 0.2) is 46.5 Å². The number of fused-ring (bicyclic) bond motifs is 1. The number of hydrogen-bond acceptors (Lipinski definition) is 4. The second-order valence-corrected chi connectivity index (χ2v) is 6.02. The summed E-state index contributed by atoms with van der Waals surface area (Å²) >= 11 is 0. The molecule has 0 spiro atoms. The molecular weight excluding hydrogens is 316 g/mol. The SMILES string of the molecule is N#C/C(=C\c1cn[nH]c1-c1cc2ccccc2o1)C(=O)N1CCCC1. The molecule has 3 aromatic rings. The summed E-state index contributed by atoms with van der Waals surface area (Å²) in [7, 11) is 0. The van der Waals surface area contributed by atoms with E-state index >= 15 is 0 Å². The average Bonchev–Trinajstić information content (AvgIpc) is 3.38. The highest BCUT2D eigenvalue weighted by Gasteiger charge is 2.22. The zero-order valence-corrected chi connectivity index (χ0v) is 13.5. The molecule has 1 amide bonds. The first-order valence-corrected chi connectivity index (χ1v) is 8.19. The molecular formula is C19H16N4O2. The second-order valence-electron chi connectivity index (χ2n) is 6.02. The van der Waals surface area contributed by atoms with E-state index in [-0.39, 0.29) is 11.5 Å². The summed E-state index contributed by atoms with van der Waals surface area (Å²) in [6.45, 7) is 1.42. The molecule has 1 fully saturated rings. The molecule has 3 heterocycles. The molecule has 0 radical (unpaired) electrons. The van der Waals surface area contributed by atoms with Crippen LogP contribution in [0.2, 0.25) is 0 Å². The fourth-order valence-electron chi connectivity index (χ4n) is 3.10. The zero-order chi connectivity index (χ0) is 17.2. The summed E-state index contributed by atoms with van der Waals surface area (Å²) in [5.41, 5.74) is 2.19. The number of furan rings is 1. The number of aromatic nitrogens is 2. The summed E-state index contributed by atoms with van der Waals surface area (Å²) in [6.07, 6.45) is 5.14. The van der Waals surface area contributed by atoms with Crippen molar-refractivity contribution in [1.82, 2.24) is 15.1 Å². The summed E-state index contributed by atoms with van der Waals surface area (Å²) in [5.74, 6) is 0.396. The van der Waals surface area contributed by atoms with E-state index in [2.05, 4.69) is 10.2 Å². The summed E-state index contributed by atoms with van der Waals surface area (Å²) in [5, 5.41) is 17.3. The molecule has 4 rings (SSSR count). The Labute approximate surface area is 144 Å². The highest BCUT2D eigenvalue weighted by Crippen LogP contribution is 2.29. The second kappa shape index (κ2) is 6.29. The maximum absolute atomic E-state index is 12.5. The molecule has 0 atom stereocenters. The summed E-state index contributed by atoms with van der Waals surface area (Å²) < 4.78 is 5.85. The van der Waals surface area contributed by atoms with Crippen molar-refractivity contribution < 1.29 is 9.21 Å². The Morgan fingerprint density at radius 3 is 2.88 bits per heavy atom. The first kappa shape index (κ1) is 15.2. The van der Waals surface area contributed by atoms with E-state index in [0.29, 0.717) is 30.1 Å². The Morgan fingerprint density at radius 2 is 2.12 bits per heavy atom. The van der Waals surface area contributed by atoms with E-state index < -0.39 is 0 Å². The maximum Gasteiger partial charge on any atom is 0.264 e. The Morgan fingerprint density at radius 1 is 1.32 bits per heavy atom. The molecule has 124 valence electrons. The normalized spacial score (nSPS) is 14.8. The van der Waals surface area contributed by atoms with Crippen LogP contribution in [-0.2, 0) is 4.79 Å². The van der Waals surface area contributed by atoms with Crippen molar-refractivity contribution in [3.8, 4) is 17.5 Å². The van der Waals surface area contributed by atoms with Gasteiger partial charge in [0.2, 0.25) is 0 Å². The van der Waals surface area contributed by atoms with Crippen molar-refractivity contribution >= 4 is 23.0 Å². The number of nitrogens with zero attached hydrogens (tertiary/aromatic N) is 3. The molecule has 0 bridgehead atoms. The lowest BCUT2D eigenvalue weighted by Gasteiger charge is -2.13. The van der Waals surface area contributed by atoms with Gasteiger partial charge in [0.25, 0.3) is 5.91 Å². The zero-order valence-electron chi connectivity index (χ0n) is 13.5. The number of carbonyl (C=O) groups is 1. The van der Waals surface area contributed by atoms with Crippen LogP contribution in [0.3, 0.4) is 0 Å². The molecule has 1 aromatic carbocycles. The molecule has 25 heavy (non-hydrogen) atoms. The quantitative estimate of drug-likeness (QED) is 0.588. The van der Waals surface area contributed by atoms with Gasteiger partial charge in [-0.05, 0) is 31.1 Å². The third-order valence-electron chi connectivity index (χ3n) is 4.38. The lowest BCUT2D eigenvalue weighted by Crippen LogP contribution is -2.28. The highest BCUT2D eigenvalue weighted by molar-refractivity contribution is 6.02. The van der Waals surface area contributed by atoms with Crippen molar-refractivity contribution in [3.05, 3.63) is 47.7 Å². The van der Waals surface area contributed by atoms with E-state index in [4.69, 9.17) is 4.42 Å².